The van der Waals surface area contributed by atoms with Gasteiger partial charge in [0.15, 0.2) is 5.16 Å². The number of carbonyl (C=O) groups excluding carboxylic acids is 1. The molecule has 1 aliphatic heterocycles. The van der Waals surface area contributed by atoms with Gasteiger partial charge in [-0.15, -0.1) is 0 Å². The fourth-order valence-electron chi connectivity index (χ4n) is 2.90. The van der Waals surface area contributed by atoms with E-state index in [1.165, 1.54) is 6.42 Å². The Bertz CT molecular complexity index is 506. The van der Waals surface area contributed by atoms with Crippen LogP contribution in [0.3, 0.4) is 0 Å². The molecule has 2 heterocycles. The maximum absolute atomic E-state index is 12.1. The Balaban J connectivity index is 1.60. The minimum atomic E-state index is 0.250. The fourth-order valence-corrected chi connectivity index (χ4v) is 3.25. The number of amides is 1. The zero-order chi connectivity index (χ0) is 14.7. The summed E-state index contributed by atoms with van der Waals surface area (Å²) >= 11 is 1.55. The quantitative estimate of drug-likeness (QED) is 0.682. The zero-order valence-corrected chi connectivity index (χ0v) is 13.2. The van der Waals surface area contributed by atoms with E-state index in [1.807, 2.05) is 18.5 Å². The summed E-state index contributed by atoms with van der Waals surface area (Å²) in [6, 6.07) is 2.20. The van der Waals surface area contributed by atoms with Crippen LogP contribution >= 0.6 is 11.8 Å². The Morgan fingerprint density at radius 2 is 2.24 bits per heavy atom. The maximum Gasteiger partial charge on any atom is 0.223 e. The van der Waals surface area contributed by atoms with E-state index >= 15 is 0 Å². The molecule has 1 saturated heterocycles. The van der Waals surface area contributed by atoms with Gasteiger partial charge in [-0.1, -0.05) is 18.2 Å². The Kier molecular flexibility index (Phi) is 4.63. The zero-order valence-electron chi connectivity index (χ0n) is 12.4. The second-order valence-corrected chi connectivity index (χ2v) is 6.60. The van der Waals surface area contributed by atoms with Crippen LogP contribution in [-0.2, 0) is 4.79 Å². The monoisotopic (exact) mass is 306 g/mol. The second kappa shape index (κ2) is 6.64. The molecular weight excluding hydrogens is 284 g/mol. The molecule has 1 atom stereocenters. The molecule has 1 unspecified atom stereocenters. The molecule has 21 heavy (non-hydrogen) atoms. The first kappa shape index (κ1) is 14.6. The average molecular weight is 306 g/mol. The van der Waals surface area contributed by atoms with E-state index in [0.29, 0.717) is 0 Å². The number of nitrogens with one attached hydrogen (secondary N) is 1. The van der Waals surface area contributed by atoms with Gasteiger partial charge in [-0.2, -0.15) is 0 Å². The van der Waals surface area contributed by atoms with Gasteiger partial charge in [0, 0.05) is 31.2 Å². The summed E-state index contributed by atoms with van der Waals surface area (Å²) in [7, 11) is 0. The lowest BCUT2D eigenvalue weighted by Gasteiger charge is -2.35. The van der Waals surface area contributed by atoms with E-state index in [4.69, 9.17) is 0 Å². The van der Waals surface area contributed by atoms with Gasteiger partial charge in [0.1, 0.15) is 5.82 Å². The second-order valence-electron chi connectivity index (χ2n) is 5.82. The smallest absolute Gasteiger partial charge is 0.223 e. The summed E-state index contributed by atoms with van der Waals surface area (Å²) in [4.78, 5) is 23.1. The van der Waals surface area contributed by atoms with E-state index in [-0.39, 0.29) is 17.9 Å². The van der Waals surface area contributed by atoms with Crippen LogP contribution in [0.2, 0.25) is 0 Å². The van der Waals surface area contributed by atoms with Crippen molar-refractivity contribution in [2.24, 2.45) is 5.92 Å². The molecule has 1 aromatic rings. The van der Waals surface area contributed by atoms with Crippen LogP contribution in [0.4, 0.5) is 5.82 Å². The number of nitrogens with zero attached hydrogens (tertiary/aromatic N) is 3. The lowest BCUT2D eigenvalue weighted by molar-refractivity contribution is -0.128. The van der Waals surface area contributed by atoms with Crippen molar-refractivity contribution in [3.8, 4) is 0 Å². The summed E-state index contributed by atoms with van der Waals surface area (Å²) in [6.45, 7) is 1.85. The number of hydrogen-bond donors (Lipinski definition) is 1. The molecule has 3 rings (SSSR count). The molecular formula is C15H22N4OS. The van der Waals surface area contributed by atoms with Crippen molar-refractivity contribution in [2.75, 3.05) is 24.2 Å². The number of piperidine rings is 1. The SMILES string of the molecule is CSc1nccc(N2CCCC(NC(=O)C3CCC3)C2)n1. The number of anilines is 1. The highest BCUT2D eigenvalue weighted by molar-refractivity contribution is 7.98. The molecule has 6 heteroatoms. The minimum absolute atomic E-state index is 0.250. The molecule has 114 valence electrons. The van der Waals surface area contributed by atoms with Crippen molar-refractivity contribution in [1.82, 2.24) is 15.3 Å². The maximum atomic E-state index is 12.1. The number of rotatable bonds is 4. The van der Waals surface area contributed by atoms with Gasteiger partial charge in [0.05, 0.1) is 0 Å². The van der Waals surface area contributed by atoms with Crippen LogP contribution in [0.5, 0.6) is 0 Å². The molecule has 1 N–H and O–H groups in total. The largest absolute Gasteiger partial charge is 0.354 e. The third-order valence-electron chi connectivity index (χ3n) is 4.37. The van der Waals surface area contributed by atoms with Crippen molar-refractivity contribution in [1.29, 1.82) is 0 Å². The topological polar surface area (TPSA) is 58.1 Å². The Morgan fingerprint density at radius 3 is 2.95 bits per heavy atom. The molecule has 2 fully saturated rings. The first-order valence-electron chi connectivity index (χ1n) is 7.68. The highest BCUT2D eigenvalue weighted by Crippen LogP contribution is 2.27. The van der Waals surface area contributed by atoms with Gasteiger partial charge in [0.2, 0.25) is 5.91 Å². The van der Waals surface area contributed by atoms with Gasteiger partial charge >= 0.3 is 0 Å². The summed E-state index contributed by atoms with van der Waals surface area (Å²) in [5.41, 5.74) is 0. The third-order valence-corrected chi connectivity index (χ3v) is 4.93. The van der Waals surface area contributed by atoms with E-state index in [9.17, 15) is 4.79 Å². The van der Waals surface area contributed by atoms with Crippen LogP contribution in [0.1, 0.15) is 32.1 Å². The summed E-state index contributed by atoms with van der Waals surface area (Å²) in [6.07, 6.45) is 9.27. The molecule has 1 aliphatic carbocycles. The number of hydrogen-bond acceptors (Lipinski definition) is 5. The Morgan fingerprint density at radius 1 is 1.38 bits per heavy atom. The van der Waals surface area contributed by atoms with Crippen molar-refractivity contribution in [3.63, 3.8) is 0 Å². The molecule has 1 amide bonds. The average Bonchev–Trinajstić information content (AvgIpc) is 2.45. The van der Waals surface area contributed by atoms with Gasteiger partial charge in [0.25, 0.3) is 0 Å². The third kappa shape index (κ3) is 3.48. The Hall–Kier alpha value is -1.30. The predicted molar refractivity (Wildman–Crippen MR) is 84.5 cm³/mol. The molecule has 0 aromatic carbocycles. The van der Waals surface area contributed by atoms with E-state index < -0.39 is 0 Å². The summed E-state index contributed by atoms with van der Waals surface area (Å²) in [5, 5.41) is 4.02. The van der Waals surface area contributed by atoms with E-state index in [0.717, 1.165) is 49.7 Å². The lowest BCUT2D eigenvalue weighted by atomic mass is 9.84. The van der Waals surface area contributed by atoms with Crippen LogP contribution in [0.15, 0.2) is 17.4 Å². The highest BCUT2D eigenvalue weighted by Gasteiger charge is 2.29. The standard InChI is InChI=1S/C15H22N4OS/c1-21-15-16-8-7-13(18-15)19-9-3-6-12(10-19)17-14(20)11-4-2-5-11/h7-8,11-12H,2-6,9-10H2,1H3,(H,17,20). The molecule has 1 saturated carbocycles. The van der Waals surface area contributed by atoms with Gasteiger partial charge in [-0.3, -0.25) is 4.79 Å². The molecule has 5 nitrogen and oxygen atoms in total. The first-order chi connectivity index (χ1) is 10.3. The number of carbonyl (C=O) groups is 1. The normalized spacial score (nSPS) is 22.7. The summed E-state index contributed by atoms with van der Waals surface area (Å²) in [5.74, 6) is 1.49. The fraction of sp³-hybridized carbons (Fsp3) is 0.667. The Labute approximate surface area is 129 Å². The van der Waals surface area contributed by atoms with Crippen molar-refractivity contribution in [2.45, 2.75) is 43.3 Å². The molecule has 0 spiro atoms. The van der Waals surface area contributed by atoms with Crippen molar-refractivity contribution < 1.29 is 4.79 Å². The molecule has 2 aliphatic rings. The van der Waals surface area contributed by atoms with Crippen molar-refractivity contribution in [3.05, 3.63) is 12.3 Å². The van der Waals surface area contributed by atoms with Crippen molar-refractivity contribution >= 4 is 23.5 Å². The van der Waals surface area contributed by atoms with Crippen LogP contribution in [0.25, 0.3) is 0 Å². The molecule has 0 bridgehead atoms. The van der Waals surface area contributed by atoms with Gasteiger partial charge in [-0.25, -0.2) is 9.97 Å². The number of aromatic nitrogens is 2. The molecule has 0 radical (unpaired) electrons. The molecule has 1 aromatic heterocycles. The van der Waals surface area contributed by atoms with Crippen LogP contribution < -0.4 is 10.2 Å². The minimum Gasteiger partial charge on any atom is -0.354 e. The van der Waals surface area contributed by atoms with E-state index in [2.05, 4.69) is 20.2 Å². The van der Waals surface area contributed by atoms with Gasteiger partial charge < -0.3 is 10.2 Å². The van der Waals surface area contributed by atoms with E-state index in [1.54, 1.807) is 11.8 Å². The van der Waals surface area contributed by atoms with Gasteiger partial charge in [-0.05, 0) is 38.0 Å². The highest BCUT2D eigenvalue weighted by atomic mass is 32.2. The predicted octanol–water partition coefficient (Wildman–Crippen LogP) is 2.08. The van der Waals surface area contributed by atoms with Crippen LogP contribution in [-0.4, -0.2) is 41.3 Å². The first-order valence-corrected chi connectivity index (χ1v) is 8.91. The van der Waals surface area contributed by atoms with Crippen LogP contribution in [0, 0.1) is 5.92 Å². The lowest BCUT2D eigenvalue weighted by Crippen LogP contribution is -2.50. The summed E-state index contributed by atoms with van der Waals surface area (Å²) < 4.78 is 0. The number of thioether (sulfide) groups is 1.